The normalized spacial score (nSPS) is 13.2. The zero-order chi connectivity index (χ0) is 20.1. The maximum absolute atomic E-state index is 12.6. The predicted octanol–water partition coefficient (Wildman–Crippen LogP) is 2.47. The fourth-order valence-corrected chi connectivity index (χ4v) is 4.31. The molecule has 0 saturated carbocycles. The zero-order valence-electron chi connectivity index (χ0n) is 15.9. The van der Waals surface area contributed by atoms with Crippen molar-refractivity contribution in [1.29, 1.82) is 0 Å². The number of sulfonamides is 1. The van der Waals surface area contributed by atoms with Crippen LogP contribution in [0.5, 0.6) is 0 Å². The van der Waals surface area contributed by atoms with Crippen LogP contribution in [-0.2, 0) is 21.4 Å². The number of nitrogens with two attached hydrogens (primary N) is 1. The van der Waals surface area contributed by atoms with Crippen molar-refractivity contribution in [2.24, 2.45) is 5.73 Å². The van der Waals surface area contributed by atoms with Crippen LogP contribution < -0.4 is 15.8 Å². The molecule has 2 rings (SSSR count). The second-order valence-electron chi connectivity index (χ2n) is 7.46. The number of benzene rings is 2. The summed E-state index contributed by atoms with van der Waals surface area (Å²) < 4.78 is 27.9. The van der Waals surface area contributed by atoms with Crippen LogP contribution in [-0.4, -0.2) is 19.9 Å². The van der Waals surface area contributed by atoms with Crippen molar-refractivity contribution in [3.8, 4) is 0 Å². The standard InChI is InChI=1S/C20H27N3O3S/c1-20(2,3)23-27(25,26)18-12-8-7-11-16(18)14-22-19(24)13-17(21)15-9-5-4-6-10-15/h4-12,17,23H,13-14,21H2,1-3H3,(H,22,24). The van der Waals surface area contributed by atoms with E-state index in [9.17, 15) is 13.2 Å². The number of hydrogen-bond acceptors (Lipinski definition) is 4. The fraction of sp³-hybridized carbons (Fsp3) is 0.350. The van der Waals surface area contributed by atoms with Crippen molar-refractivity contribution in [2.45, 2.75) is 50.2 Å². The van der Waals surface area contributed by atoms with Crippen LogP contribution in [0.15, 0.2) is 59.5 Å². The van der Waals surface area contributed by atoms with Gasteiger partial charge in [0.2, 0.25) is 15.9 Å². The van der Waals surface area contributed by atoms with Crippen molar-refractivity contribution in [1.82, 2.24) is 10.0 Å². The zero-order valence-corrected chi connectivity index (χ0v) is 16.7. The molecule has 27 heavy (non-hydrogen) atoms. The van der Waals surface area contributed by atoms with E-state index in [1.807, 2.05) is 30.3 Å². The van der Waals surface area contributed by atoms with Crippen molar-refractivity contribution in [2.75, 3.05) is 0 Å². The van der Waals surface area contributed by atoms with Crippen molar-refractivity contribution in [3.05, 3.63) is 65.7 Å². The summed E-state index contributed by atoms with van der Waals surface area (Å²) in [5, 5.41) is 2.76. The van der Waals surface area contributed by atoms with Gasteiger partial charge in [0.25, 0.3) is 0 Å². The maximum Gasteiger partial charge on any atom is 0.241 e. The minimum atomic E-state index is -3.69. The second-order valence-corrected chi connectivity index (χ2v) is 9.11. The van der Waals surface area contributed by atoms with Gasteiger partial charge in [0.15, 0.2) is 0 Å². The smallest absolute Gasteiger partial charge is 0.241 e. The van der Waals surface area contributed by atoms with Gasteiger partial charge in [-0.2, -0.15) is 0 Å². The summed E-state index contributed by atoms with van der Waals surface area (Å²) in [7, 11) is -3.69. The van der Waals surface area contributed by atoms with Gasteiger partial charge in [-0.25, -0.2) is 13.1 Å². The Balaban J connectivity index is 2.05. The van der Waals surface area contributed by atoms with Gasteiger partial charge in [0, 0.05) is 24.5 Å². The van der Waals surface area contributed by atoms with Gasteiger partial charge >= 0.3 is 0 Å². The first kappa shape index (κ1) is 21.1. The Labute approximate surface area is 161 Å². The van der Waals surface area contributed by atoms with Crippen LogP contribution in [0.25, 0.3) is 0 Å². The molecule has 0 spiro atoms. The lowest BCUT2D eigenvalue weighted by Gasteiger charge is -2.21. The van der Waals surface area contributed by atoms with E-state index in [4.69, 9.17) is 5.73 Å². The van der Waals surface area contributed by atoms with E-state index in [2.05, 4.69) is 10.0 Å². The predicted molar refractivity (Wildman–Crippen MR) is 106 cm³/mol. The molecular formula is C20H27N3O3S. The van der Waals surface area contributed by atoms with Crippen molar-refractivity contribution < 1.29 is 13.2 Å². The summed E-state index contributed by atoms with van der Waals surface area (Å²) in [6, 6.07) is 15.6. The molecule has 0 aliphatic heterocycles. The van der Waals surface area contributed by atoms with E-state index < -0.39 is 21.6 Å². The van der Waals surface area contributed by atoms with Crippen LogP contribution in [0.3, 0.4) is 0 Å². The summed E-state index contributed by atoms with van der Waals surface area (Å²) >= 11 is 0. The molecule has 0 aromatic heterocycles. The molecule has 2 aromatic rings. The molecule has 0 aliphatic carbocycles. The van der Waals surface area contributed by atoms with Gasteiger partial charge in [0.05, 0.1) is 4.90 Å². The number of amides is 1. The lowest BCUT2D eigenvalue weighted by atomic mass is 10.0. The third-order valence-electron chi connectivity index (χ3n) is 3.81. The van der Waals surface area contributed by atoms with E-state index in [1.165, 1.54) is 6.07 Å². The Hall–Kier alpha value is -2.22. The molecule has 0 heterocycles. The van der Waals surface area contributed by atoms with Crippen molar-refractivity contribution in [3.63, 3.8) is 0 Å². The first-order chi connectivity index (χ1) is 12.6. The van der Waals surface area contributed by atoms with Gasteiger partial charge in [-0.1, -0.05) is 48.5 Å². The number of hydrogen-bond donors (Lipinski definition) is 3. The molecule has 0 aliphatic rings. The fourth-order valence-electron chi connectivity index (χ4n) is 2.65. The number of rotatable bonds is 7. The Morgan fingerprint density at radius 1 is 1.04 bits per heavy atom. The molecular weight excluding hydrogens is 362 g/mol. The SMILES string of the molecule is CC(C)(C)NS(=O)(=O)c1ccccc1CNC(=O)CC(N)c1ccccc1. The number of carbonyl (C=O) groups excluding carboxylic acids is 1. The summed E-state index contributed by atoms with van der Waals surface area (Å²) in [4.78, 5) is 12.4. The molecule has 1 amide bonds. The second kappa shape index (κ2) is 8.65. The first-order valence-electron chi connectivity index (χ1n) is 8.77. The van der Waals surface area contributed by atoms with Crippen LogP contribution >= 0.6 is 0 Å². The summed E-state index contributed by atoms with van der Waals surface area (Å²) in [6.07, 6.45) is 0.124. The molecule has 0 fully saturated rings. The minimum Gasteiger partial charge on any atom is -0.352 e. The number of carbonyl (C=O) groups is 1. The van der Waals surface area contributed by atoms with Crippen LogP contribution in [0.2, 0.25) is 0 Å². The largest absolute Gasteiger partial charge is 0.352 e. The summed E-state index contributed by atoms with van der Waals surface area (Å²) in [5.41, 5.74) is 6.87. The molecule has 146 valence electrons. The average molecular weight is 390 g/mol. The maximum atomic E-state index is 12.6. The van der Waals surface area contributed by atoms with Crippen LogP contribution in [0, 0.1) is 0 Å². The third kappa shape index (κ3) is 6.46. The van der Waals surface area contributed by atoms with Gasteiger partial charge in [0.1, 0.15) is 0 Å². The van der Waals surface area contributed by atoms with Gasteiger partial charge in [-0.3, -0.25) is 4.79 Å². The Bertz CT molecular complexity index is 875. The molecule has 0 saturated heterocycles. The highest BCUT2D eigenvalue weighted by atomic mass is 32.2. The van der Waals surface area contributed by atoms with Crippen LogP contribution in [0.4, 0.5) is 0 Å². The van der Waals surface area contributed by atoms with Crippen LogP contribution in [0.1, 0.15) is 44.4 Å². The summed E-state index contributed by atoms with van der Waals surface area (Å²) in [5.74, 6) is -0.234. The molecule has 7 heteroatoms. The molecule has 1 unspecified atom stereocenters. The average Bonchev–Trinajstić information content (AvgIpc) is 2.59. The third-order valence-corrected chi connectivity index (χ3v) is 5.67. The molecule has 6 nitrogen and oxygen atoms in total. The Morgan fingerprint density at radius 3 is 2.26 bits per heavy atom. The van der Waals surface area contributed by atoms with Gasteiger partial charge < -0.3 is 11.1 Å². The molecule has 2 aromatic carbocycles. The molecule has 1 atom stereocenters. The Morgan fingerprint density at radius 2 is 1.63 bits per heavy atom. The lowest BCUT2D eigenvalue weighted by Crippen LogP contribution is -2.41. The highest BCUT2D eigenvalue weighted by Crippen LogP contribution is 2.18. The lowest BCUT2D eigenvalue weighted by molar-refractivity contribution is -0.121. The Kier molecular flexibility index (Phi) is 6.75. The van der Waals surface area contributed by atoms with Gasteiger partial charge in [-0.05, 0) is 38.0 Å². The molecule has 0 bridgehead atoms. The van der Waals surface area contributed by atoms with E-state index in [0.717, 1.165) is 5.56 Å². The topological polar surface area (TPSA) is 101 Å². The monoisotopic (exact) mass is 389 g/mol. The van der Waals surface area contributed by atoms with E-state index >= 15 is 0 Å². The highest BCUT2D eigenvalue weighted by Gasteiger charge is 2.24. The minimum absolute atomic E-state index is 0.113. The van der Waals surface area contributed by atoms with E-state index in [-0.39, 0.29) is 23.8 Å². The quantitative estimate of drug-likeness (QED) is 0.677. The first-order valence-corrected chi connectivity index (χ1v) is 10.3. The van der Waals surface area contributed by atoms with Gasteiger partial charge in [-0.15, -0.1) is 0 Å². The van der Waals surface area contributed by atoms with E-state index in [0.29, 0.717) is 5.56 Å². The summed E-state index contributed by atoms with van der Waals surface area (Å²) in [6.45, 7) is 5.45. The van der Waals surface area contributed by atoms with E-state index in [1.54, 1.807) is 39.0 Å². The molecule has 4 N–H and O–H groups in total. The van der Waals surface area contributed by atoms with Crippen molar-refractivity contribution >= 4 is 15.9 Å². The highest BCUT2D eigenvalue weighted by molar-refractivity contribution is 7.89. The number of nitrogens with one attached hydrogen (secondary N) is 2. The molecule has 0 radical (unpaired) electrons.